The Kier molecular flexibility index (Phi) is 5.62. The Bertz CT molecular complexity index is 435. The fourth-order valence-corrected chi connectivity index (χ4v) is 2.39. The van der Waals surface area contributed by atoms with Crippen molar-refractivity contribution in [3.05, 3.63) is 27.7 Å². The number of amides is 1. The number of rotatable bonds is 6. The molecule has 5 heteroatoms. The first-order valence-corrected chi connectivity index (χ1v) is 6.68. The average Bonchev–Trinajstić information content (AvgIpc) is 2.28. The lowest BCUT2D eigenvalue weighted by Crippen LogP contribution is -2.33. The molecule has 1 atom stereocenters. The van der Waals surface area contributed by atoms with Gasteiger partial charge >= 0.3 is 0 Å². The molecule has 18 heavy (non-hydrogen) atoms. The summed E-state index contributed by atoms with van der Waals surface area (Å²) >= 11 is 3.45. The summed E-state index contributed by atoms with van der Waals surface area (Å²) in [6.45, 7) is 4.50. The SMILES string of the molecule is CCC(Oc1c(C)cc(Br)cc1CNC)C(N)=O. The summed E-state index contributed by atoms with van der Waals surface area (Å²) in [5.74, 6) is 0.299. The largest absolute Gasteiger partial charge is 0.480 e. The minimum atomic E-state index is -0.583. The number of hydrogen-bond donors (Lipinski definition) is 2. The van der Waals surface area contributed by atoms with Gasteiger partial charge in [-0.15, -0.1) is 0 Å². The highest BCUT2D eigenvalue weighted by Gasteiger charge is 2.18. The molecule has 100 valence electrons. The van der Waals surface area contributed by atoms with Crippen LogP contribution < -0.4 is 15.8 Å². The highest BCUT2D eigenvalue weighted by molar-refractivity contribution is 9.10. The van der Waals surface area contributed by atoms with Crippen molar-refractivity contribution in [3.8, 4) is 5.75 Å². The number of nitrogens with two attached hydrogens (primary N) is 1. The van der Waals surface area contributed by atoms with Crippen molar-refractivity contribution in [2.75, 3.05) is 7.05 Å². The van der Waals surface area contributed by atoms with E-state index in [1.807, 2.05) is 33.0 Å². The third kappa shape index (κ3) is 3.71. The number of benzene rings is 1. The molecule has 0 spiro atoms. The van der Waals surface area contributed by atoms with Gasteiger partial charge in [0.1, 0.15) is 5.75 Å². The lowest BCUT2D eigenvalue weighted by atomic mass is 10.1. The van der Waals surface area contributed by atoms with Crippen LogP contribution in [-0.4, -0.2) is 19.1 Å². The number of halogens is 1. The zero-order chi connectivity index (χ0) is 13.7. The molecule has 1 aromatic carbocycles. The van der Waals surface area contributed by atoms with Crippen molar-refractivity contribution in [2.45, 2.75) is 32.9 Å². The second-order valence-corrected chi connectivity index (χ2v) is 5.07. The van der Waals surface area contributed by atoms with Crippen molar-refractivity contribution in [1.82, 2.24) is 5.32 Å². The van der Waals surface area contributed by atoms with E-state index in [0.29, 0.717) is 13.0 Å². The Morgan fingerprint density at radius 1 is 1.56 bits per heavy atom. The molecule has 1 amide bonds. The highest BCUT2D eigenvalue weighted by atomic mass is 79.9. The Hall–Kier alpha value is -1.07. The van der Waals surface area contributed by atoms with Crippen LogP contribution in [0.4, 0.5) is 0 Å². The maximum Gasteiger partial charge on any atom is 0.258 e. The second kappa shape index (κ2) is 6.75. The zero-order valence-electron chi connectivity index (χ0n) is 10.9. The van der Waals surface area contributed by atoms with Gasteiger partial charge in [0.05, 0.1) is 0 Å². The summed E-state index contributed by atoms with van der Waals surface area (Å²) in [6.07, 6.45) is -0.0235. The predicted octanol–water partition coefficient (Wildman–Crippen LogP) is 2.12. The summed E-state index contributed by atoms with van der Waals surface area (Å²) in [6, 6.07) is 3.94. The Morgan fingerprint density at radius 3 is 2.72 bits per heavy atom. The second-order valence-electron chi connectivity index (χ2n) is 4.16. The monoisotopic (exact) mass is 314 g/mol. The molecule has 1 aromatic rings. The third-order valence-corrected chi connectivity index (χ3v) is 3.09. The molecule has 0 bridgehead atoms. The molecule has 0 fully saturated rings. The summed E-state index contributed by atoms with van der Waals surface area (Å²) in [5.41, 5.74) is 7.29. The van der Waals surface area contributed by atoms with Crippen LogP contribution >= 0.6 is 15.9 Å². The number of primary amides is 1. The van der Waals surface area contributed by atoms with Gasteiger partial charge in [0, 0.05) is 16.6 Å². The van der Waals surface area contributed by atoms with Crippen LogP contribution in [0.25, 0.3) is 0 Å². The first-order valence-electron chi connectivity index (χ1n) is 5.89. The van der Waals surface area contributed by atoms with Crippen LogP contribution in [0.15, 0.2) is 16.6 Å². The maximum atomic E-state index is 11.3. The molecule has 0 aliphatic rings. The van der Waals surface area contributed by atoms with E-state index < -0.39 is 12.0 Å². The maximum absolute atomic E-state index is 11.3. The molecule has 0 heterocycles. The van der Waals surface area contributed by atoms with E-state index in [0.717, 1.165) is 21.3 Å². The number of nitrogens with one attached hydrogen (secondary N) is 1. The van der Waals surface area contributed by atoms with E-state index in [-0.39, 0.29) is 0 Å². The molecule has 0 aliphatic heterocycles. The van der Waals surface area contributed by atoms with Crippen molar-refractivity contribution >= 4 is 21.8 Å². The lowest BCUT2D eigenvalue weighted by molar-refractivity contribution is -0.124. The molecular weight excluding hydrogens is 296 g/mol. The van der Waals surface area contributed by atoms with Gasteiger partial charge in [-0.25, -0.2) is 0 Å². The van der Waals surface area contributed by atoms with Gasteiger partial charge in [-0.2, -0.15) is 0 Å². The first kappa shape index (κ1) is 15.0. The average molecular weight is 315 g/mol. The van der Waals surface area contributed by atoms with Gasteiger partial charge in [0.15, 0.2) is 6.10 Å². The number of ether oxygens (including phenoxy) is 1. The van der Waals surface area contributed by atoms with E-state index in [2.05, 4.69) is 21.2 Å². The Labute approximate surface area is 116 Å². The van der Waals surface area contributed by atoms with Gasteiger partial charge in [-0.3, -0.25) is 4.79 Å². The summed E-state index contributed by atoms with van der Waals surface area (Å²) in [7, 11) is 1.87. The standard InChI is InChI=1S/C13H19BrN2O2/c1-4-11(13(15)17)18-12-8(2)5-10(14)6-9(12)7-16-3/h5-6,11,16H,4,7H2,1-3H3,(H2,15,17). The van der Waals surface area contributed by atoms with Gasteiger partial charge in [0.25, 0.3) is 5.91 Å². The van der Waals surface area contributed by atoms with Crippen molar-refractivity contribution in [2.24, 2.45) is 5.73 Å². The van der Waals surface area contributed by atoms with Crippen LogP contribution in [0.1, 0.15) is 24.5 Å². The van der Waals surface area contributed by atoms with Gasteiger partial charge in [-0.05, 0) is 38.1 Å². The number of carbonyl (C=O) groups is 1. The van der Waals surface area contributed by atoms with Crippen LogP contribution in [0, 0.1) is 6.92 Å². The van der Waals surface area contributed by atoms with Crippen molar-refractivity contribution in [1.29, 1.82) is 0 Å². The zero-order valence-corrected chi connectivity index (χ0v) is 12.5. The van der Waals surface area contributed by atoms with Crippen molar-refractivity contribution in [3.63, 3.8) is 0 Å². The van der Waals surface area contributed by atoms with Crippen LogP contribution in [-0.2, 0) is 11.3 Å². The topological polar surface area (TPSA) is 64.3 Å². The molecule has 1 rings (SSSR count). The minimum absolute atomic E-state index is 0.435. The van der Waals surface area contributed by atoms with Gasteiger partial charge in [-0.1, -0.05) is 22.9 Å². The van der Waals surface area contributed by atoms with Gasteiger partial charge in [0.2, 0.25) is 0 Å². The summed E-state index contributed by atoms with van der Waals surface area (Å²) in [4.78, 5) is 11.3. The smallest absolute Gasteiger partial charge is 0.258 e. The highest BCUT2D eigenvalue weighted by Crippen LogP contribution is 2.29. The van der Waals surface area contributed by atoms with Crippen LogP contribution in [0.2, 0.25) is 0 Å². The lowest BCUT2D eigenvalue weighted by Gasteiger charge is -2.19. The van der Waals surface area contributed by atoms with Crippen LogP contribution in [0.5, 0.6) is 5.75 Å². The number of carbonyl (C=O) groups excluding carboxylic acids is 1. The fourth-order valence-electron chi connectivity index (χ4n) is 1.77. The molecule has 0 saturated heterocycles. The molecule has 0 aromatic heterocycles. The van der Waals surface area contributed by atoms with Crippen molar-refractivity contribution < 1.29 is 9.53 Å². The molecule has 1 unspecified atom stereocenters. The van der Waals surface area contributed by atoms with Crippen LogP contribution in [0.3, 0.4) is 0 Å². The van der Waals surface area contributed by atoms with E-state index in [1.165, 1.54) is 0 Å². The first-order chi connectivity index (χ1) is 8.49. The molecule has 0 saturated carbocycles. The normalized spacial score (nSPS) is 12.2. The number of hydrogen-bond acceptors (Lipinski definition) is 3. The Balaban J connectivity index is 3.09. The van der Waals surface area contributed by atoms with E-state index in [1.54, 1.807) is 0 Å². The van der Waals surface area contributed by atoms with E-state index in [9.17, 15) is 4.79 Å². The molecule has 0 radical (unpaired) electrons. The predicted molar refractivity (Wildman–Crippen MR) is 75.5 cm³/mol. The van der Waals surface area contributed by atoms with E-state index >= 15 is 0 Å². The molecule has 3 N–H and O–H groups in total. The molecule has 4 nitrogen and oxygen atoms in total. The number of aryl methyl sites for hydroxylation is 1. The quantitative estimate of drug-likeness (QED) is 0.845. The fraction of sp³-hybridized carbons (Fsp3) is 0.462. The van der Waals surface area contributed by atoms with E-state index in [4.69, 9.17) is 10.5 Å². The molecular formula is C13H19BrN2O2. The van der Waals surface area contributed by atoms with Gasteiger partial charge < -0.3 is 15.8 Å². The summed E-state index contributed by atoms with van der Waals surface area (Å²) < 4.78 is 6.75. The third-order valence-electron chi connectivity index (χ3n) is 2.63. The molecule has 0 aliphatic carbocycles. The summed E-state index contributed by atoms with van der Waals surface area (Å²) in [5, 5.41) is 3.08. The minimum Gasteiger partial charge on any atom is -0.480 e. The Morgan fingerprint density at radius 2 is 2.22 bits per heavy atom.